The number of nitrogens with one attached hydrogen (secondary N) is 1. The predicted molar refractivity (Wildman–Crippen MR) is 121 cm³/mol. The molecule has 1 aromatic heterocycles. The normalized spacial score (nSPS) is 15.4. The molecule has 2 aromatic rings. The van der Waals surface area contributed by atoms with Gasteiger partial charge in [-0.05, 0) is 32.6 Å². The van der Waals surface area contributed by atoms with Crippen LogP contribution in [0.15, 0.2) is 30.3 Å². The van der Waals surface area contributed by atoms with Gasteiger partial charge in [-0.15, -0.1) is 0 Å². The summed E-state index contributed by atoms with van der Waals surface area (Å²) < 4.78 is 10.8. The molecule has 0 saturated carbocycles. The highest BCUT2D eigenvalue weighted by atomic mass is 16.5. The lowest BCUT2D eigenvalue weighted by Gasteiger charge is -2.22. The zero-order valence-electron chi connectivity index (χ0n) is 19.1. The van der Waals surface area contributed by atoms with E-state index in [1.165, 1.54) is 4.90 Å². The van der Waals surface area contributed by atoms with Crippen LogP contribution in [-0.4, -0.2) is 67.1 Å². The highest BCUT2D eigenvalue weighted by Gasteiger charge is 2.28. The first kappa shape index (κ1) is 23.7. The smallest absolute Gasteiger partial charge is 0.239 e. The van der Waals surface area contributed by atoms with Crippen LogP contribution in [0.2, 0.25) is 0 Å². The molecule has 0 aliphatic heterocycles. The third kappa shape index (κ3) is 6.03. The van der Waals surface area contributed by atoms with Crippen molar-refractivity contribution in [3.8, 4) is 17.3 Å². The zero-order chi connectivity index (χ0) is 22.9. The van der Waals surface area contributed by atoms with E-state index >= 15 is 0 Å². The average Bonchev–Trinajstić information content (AvgIpc) is 3.02. The Hall–Kier alpha value is -3.00. The monoisotopic (exact) mass is 440 g/mol. The molecule has 1 heterocycles. The third-order valence-electron chi connectivity index (χ3n) is 5.57. The number of carbonyl (C=O) groups excluding carboxylic acids is 2. The van der Waals surface area contributed by atoms with Crippen molar-refractivity contribution in [1.29, 1.82) is 0 Å². The van der Waals surface area contributed by atoms with Crippen LogP contribution in [0, 0.1) is 5.92 Å². The fraction of sp³-hybridized carbons (Fsp3) is 0.500. The highest BCUT2D eigenvalue weighted by Crippen LogP contribution is 2.32. The number of aromatic nitrogens is 2. The maximum absolute atomic E-state index is 13.0. The van der Waals surface area contributed by atoms with E-state index in [4.69, 9.17) is 14.5 Å². The summed E-state index contributed by atoms with van der Waals surface area (Å²) in [5.74, 6) is 0.870. The average molecular weight is 441 g/mol. The molecule has 1 aliphatic carbocycles. The van der Waals surface area contributed by atoms with Gasteiger partial charge in [0.25, 0.3) is 0 Å². The van der Waals surface area contributed by atoms with E-state index in [9.17, 15) is 9.59 Å². The van der Waals surface area contributed by atoms with E-state index in [2.05, 4.69) is 10.3 Å². The third-order valence-corrected chi connectivity index (χ3v) is 5.57. The summed E-state index contributed by atoms with van der Waals surface area (Å²) in [5.41, 5.74) is 2.87. The van der Waals surface area contributed by atoms with Gasteiger partial charge in [0, 0.05) is 37.7 Å². The summed E-state index contributed by atoms with van der Waals surface area (Å²) in [6.07, 6.45) is 2.69. The number of hydrogen-bond acceptors (Lipinski definition) is 6. The number of hydrogen-bond donors (Lipinski definition) is 1. The number of rotatable bonds is 9. The number of carbonyl (C=O) groups is 2. The van der Waals surface area contributed by atoms with Gasteiger partial charge in [-0.25, -0.2) is 4.98 Å². The molecule has 1 aliphatic rings. The molecule has 8 heteroatoms. The number of aryl methyl sites for hydroxylation is 1. The Balaban J connectivity index is 1.71. The lowest BCUT2D eigenvalue weighted by molar-refractivity contribution is -0.138. The molecule has 0 bridgehead atoms. The molecule has 8 nitrogen and oxygen atoms in total. The van der Waals surface area contributed by atoms with E-state index in [0.29, 0.717) is 57.1 Å². The van der Waals surface area contributed by atoms with Gasteiger partial charge in [0.2, 0.25) is 17.7 Å². The van der Waals surface area contributed by atoms with E-state index in [1.54, 1.807) is 14.2 Å². The van der Waals surface area contributed by atoms with Gasteiger partial charge >= 0.3 is 0 Å². The molecular weight excluding hydrogens is 408 g/mol. The second-order valence-corrected chi connectivity index (χ2v) is 7.89. The lowest BCUT2D eigenvalue weighted by atomic mass is 9.98. The Morgan fingerprint density at radius 2 is 1.91 bits per heavy atom. The van der Waals surface area contributed by atoms with Crippen LogP contribution in [0.5, 0.6) is 5.88 Å². The topological polar surface area (TPSA) is 93.7 Å². The summed E-state index contributed by atoms with van der Waals surface area (Å²) in [7, 11) is 3.26. The summed E-state index contributed by atoms with van der Waals surface area (Å²) in [6, 6.07) is 9.84. The maximum atomic E-state index is 13.0. The predicted octanol–water partition coefficient (Wildman–Crippen LogP) is 2.26. The molecule has 0 spiro atoms. The van der Waals surface area contributed by atoms with Crippen molar-refractivity contribution in [2.75, 3.05) is 40.5 Å². The number of likely N-dealkylation sites (N-methyl/N-ethyl adjacent to an activating group) is 1. The molecule has 172 valence electrons. The maximum Gasteiger partial charge on any atom is 0.239 e. The van der Waals surface area contributed by atoms with Gasteiger partial charge in [-0.2, -0.15) is 4.98 Å². The van der Waals surface area contributed by atoms with Crippen molar-refractivity contribution in [3.05, 3.63) is 41.6 Å². The van der Waals surface area contributed by atoms with E-state index < -0.39 is 0 Å². The van der Waals surface area contributed by atoms with E-state index in [-0.39, 0.29) is 24.3 Å². The van der Waals surface area contributed by atoms with Gasteiger partial charge in [-0.3, -0.25) is 9.59 Å². The van der Waals surface area contributed by atoms with Crippen LogP contribution in [0.1, 0.15) is 31.0 Å². The Labute approximate surface area is 189 Å². The van der Waals surface area contributed by atoms with Crippen LogP contribution < -0.4 is 10.1 Å². The fourth-order valence-corrected chi connectivity index (χ4v) is 3.91. The second-order valence-electron chi connectivity index (χ2n) is 7.89. The van der Waals surface area contributed by atoms with Crippen molar-refractivity contribution in [3.63, 3.8) is 0 Å². The molecule has 1 aromatic carbocycles. The second kappa shape index (κ2) is 11.6. The number of methoxy groups -OCH3 is 1. The zero-order valence-corrected chi connectivity index (χ0v) is 19.1. The van der Waals surface area contributed by atoms with Crippen molar-refractivity contribution >= 4 is 11.8 Å². The molecule has 32 heavy (non-hydrogen) atoms. The molecule has 3 rings (SSSR count). The van der Waals surface area contributed by atoms with Gasteiger partial charge in [0.05, 0.1) is 25.5 Å². The molecule has 1 unspecified atom stereocenters. The first-order valence-electron chi connectivity index (χ1n) is 11.1. The first-order valence-corrected chi connectivity index (χ1v) is 11.1. The SMILES string of the molecule is CCOc1nc(-c2ccccc2)nc2c1CCC(C(=O)N(C)CC(=O)NCCOC)CC2. The van der Waals surface area contributed by atoms with Gasteiger partial charge in [0.1, 0.15) is 0 Å². The fourth-order valence-electron chi connectivity index (χ4n) is 3.91. The summed E-state index contributed by atoms with van der Waals surface area (Å²) in [5, 5.41) is 2.75. The number of nitrogens with zero attached hydrogens (tertiary/aromatic N) is 3. The number of benzene rings is 1. The molecule has 1 atom stereocenters. The molecule has 0 radical (unpaired) electrons. The Morgan fingerprint density at radius 1 is 1.16 bits per heavy atom. The van der Waals surface area contributed by atoms with Gasteiger partial charge < -0.3 is 19.7 Å². The Kier molecular flexibility index (Phi) is 8.56. The number of amides is 2. The largest absolute Gasteiger partial charge is 0.478 e. The minimum atomic E-state index is -0.188. The van der Waals surface area contributed by atoms with Gasteiger partial charge in [-0.1, -0.05) is 30.3 Å². The van der Waals surface area contributed by atoms with E-state index in [0.717, 1.165) is 16.8 Å². The quantitative estimate of drug-likeness (QED) is 0.475. The number of ether oxygens (including phenoxy) is 2. The Morgan fingerprint density at radius 3 is 2.62 bits per heavy atom. The highest BCUT2D eigenvalue weighted by molar-refractivity contribution is 5.85. The van der Waals surface area contributed by atoms with Crippen LogP contribution in [0.4, 0.5) is 0 Å². The van der Waals surface area contributed by atoms with Crippen molar-refractivity contribution in [1.82, 2.24) is 20.2 Å². The Bertz CT molecular complexity index is 920. The first-order chi connectivity index (χ1) is 15.5. The summed E-state index contributed by atoms with van der Waals surface area (Å²) >= 11 is 0. The number of fused-ring (bicyclic) bond motifs is 1. The molecule has 0 saturated heterocycles. The molecule has 1 N–H and O–H groups in total. The van der Waals surface area contributed by atoms with Crippen LogP contribution in [-0.2, 0) is 27.2 Å². The van der Waals surface area contributed by atoms with Crippen LogP contribution in [0.3, 0.4) is 0 Å². The van der Waals surface area contributed by atoms with Crippen LogP contribution >= 0.6 is 0 Å². The summed E-state index contributed by atoms with van der Waals surface area (Å²) in [6.45, 7) is 3.36. The van der Waals surface area contributed by atoms with Crippen molar-refractivity contribution in [2.45, 2.75) is 32.6 Å². The molecule has 2 amide bonds. The minimum absolute atomic E-state index is 0.0195. The minimum Gasteiger partial charge on any atom is -0.478 e. The molecule has 0 fully saturated rings. The summed E-state index contributed by atoms with van der Waals surface area (Å²) in [4.78, 5) is 36.1. The van der Waals surface area contributed by atoms with Crippen molar-refractivity contribution in [2.24, 2.45) is 5.92 Å². The molecular formula is C24H32N4O4. The van der Waals surface area contributed by atoms with Crippen LogP contribution in [0.25, 0.3) is 11.4 Å². The standard InChI is InChI=1S/C24H32N4O4/c1-4-32-23-19-12-10-18(24(30)28(2)16-21(29)25-14-15-31-3)11-13-20(19)26-22(27-23)17-8-6-5-7-9-17/h5-9,18H,4,10-16H2,1-3H3,(H,25,29). The van der Waals surface area contributed by atoms with Gasteiger partial charge in [0.15, 0.2) is 5.82 Å². The lowest BCUT2D eigenvalue weighted by Crippen LogP contribution is -2.41. The van der Waals surface area contributed by atoms with Crippen molar-refractivity contribution < 1.29 is 19.1 Å². The van der Waals surface area contributed by atoms with E-state index in [1.807, 2.05) is 37.3 Å².